The van der Waals surface area contributed by atoms with E-state index in [2.05, 4.69) is 9.71 Å². The Labute approximate surface area is 166 Å². The number of carbonyl (C=O) groups excluding carboxylic acids is 1. The fourth-order valence-corrected chi connectivity index (χ4v) is 5.81. The van der Waals surface area contributed by atoms with E-state index in [-0.39, 0.29) is 22.6 Å². The Morgan fingerprint density at radius 3 is 2.68 bits per heavy atom. The van der Waals surface area contributed by atoms with Crippen molar-refractivity contribution in [2.75, 3.05) is 25.0 Å². The highest BCUT2D eigenvalue weighted by Gasteiger charge is 2.35. The van der Waals surface area contributed by atoms with Crippen LogP contribution in [0.2, 0.25) is 0 Å². The minimum absolute atomic E-state index is 0.0762. The molecule has 1 saturated carbocycles. The fraction of sp³-hybridized carbons (Fsp3) is 0.600. The second-order valence-corrected chi connectivity index (χ2v) is 9.72. The molecule has 7 nitrogen and oxygen atoms in total. The largest absolute Gasteiger partial charge is 0.342 e. The van der Waals surface area contributed by atoms with E-state index in [0.29, 0.717) is 30.5 Å². The molecular weight excluding hydrogens is 376 g/mol. The number of hydrogen-bond acceptors (Lipinski definition) is 5. The summed E-state index contributed by atoms with van der Waals surface area (Å²) in [5.41, 5.74) is 6.33. The lowest BCUT2D eigenvalue weighted by Crippen LogP contribution is -2.47. The molecule has 1 aromatic rings. The Morgan fingerprint density at radius 2 is 1.93 bits per heavy atom. The first-order valence-electron chi connectivity index (χ1n) is 10.2. The third-order valence-electron chi connectivity index (χ3n) is 6.30. The van der Waals surface area contributed by atoms with Gasteiger partial charge in [-0.05, 0) is 63.1 Å². The van der Waals surface area contributed by atoms with Crippen molar-refractivity contribution >= 4 is 27.5 Å². The average Bonchev–Trinajstić information content (AvgIpc) is 2.73. The highest BCUT2D eigenvalue weighted by molar-refractivity contribution is 7.90. The van der Waals surface area contributed by atoms with Gasteiger partial charge < -0.3 is 16.0 Å². The second kappa shape index (κ2) is 7.83. The summed E-state index contributed by atoms with van der Waals surface area (Å²) in [4.78, 5) is 15.1. The Bertz CT molecular complexity index is 875. The van der Waals surface area contributed by atoms with Crippen molar-refractivity contribution in [2.24, 2.45) is 27.9 Å². The molecule has 1 atom stereocenters. The molecule has 2 fully saturated rings. The topological polar surface area (TPSA) is 105 Å². The summed E-state index contributed by atoms with van der Waals surface area (Å²) in [5, 5.41) is 3.19. The number of hydrogen-bond donors (Lipinski definition) is 2. The number of nitrogens with zero attached hydrogens (tertiary/aromatic N) is 2. The van der Waals surface area contributed by atoms with Crippen molar-refractivity contribution in [3.05, 3.63) is 24.3 Å². The van der Waals surface area contributed by atoms with Crippen LogP contribution < -0.4 is 11.1 Å². The van der Waals surface area contributed by atoms with E-state index in [1.807, 2.05) is 4.90 Å². The zero-order valence-electron chi connectivity index (χ0n) is 16.0. The van der Waals surface area contributed by atoms with Gasteiger partial charge in [0.05, 0.1) is 5.69 Å². The molecule has 0 spiro atoms. The van der Waals surface area contributed by atoms with Gasteiger partial charge in [-0.25, -0.2) is 0 Å². The molecule has 1 amide bonds. The van der Waals surface area contributed by atoms with E-state index in [4.69, 9.17) is 5.73 Å². The predicted molar refractivity (Wildman–Crippen MR) is 108 cm³/mol. The fourth-order valence-electron chi connectivity index (χ4n) is 4.61. The van der Waals surface area contributed by atoms with Gasteiger partial charge in [-0.3, -0.25) is 4.79 Å². The Balaban J connectivity index is 1.46. The van der Waals surface area contributed by atoms with Gasteiger partial charge >= 0.3 is 0 Å². The van der Waals surface area contributed by atoms with Gasteiger partial charge in [-0.15, -0.1) is 4.40 Å². The third-order valence-corrected chi connectivity index (χ3v) is 7.64. The minimum Gasteiger partial charge on any atom is -0.342 e. The summed E-state index contributed by atoms with van der Waals surface area (Å²) >= 11 is 0. The maximum absolute atomic E-state index is 13.0. The number of benzene rings is 1. The van der Waals surface area contributed by atoms with Gasteiger partial charge in [0.1, 0.15) is 10.7 Å². The number of piperidine rings is 1. The van der Waals surface area contributed by atoms with Crippen LogP contribution in [0.5, 0.6) is 0 Å². The highest BCUT2D eigenvalue weighted by atomic mass is 32.2. The van der Waals surface area contributed by atoms with Crippen LogP contribution >= 0.6 is 0 Å². The maximum Gasteiger partial charge on any atom is 0.286 e. The maximum atomic E-state index is 13.0. The number of anilines is 1. The predicted octanol–water partition coefficient (Wildman–Crippen LogP) is 2.20. The van der Waals surface area contributed by atoms with Crippen LogP contribution in [0.4, 0.5) is 5.69 Å². The molecular formula is C20H28N4O3S. The second-order valence-electron chi connectivity index (χ2n) is 8.15. The van der Waals surface area contributed by atoms with Crippen LogP contribution in [-0.4, -0.2) is 44.7 Å². The van der Waals surface area contributed by atoms with Crippen molar-refractivity contribution in [1.82, 2.24) is 4.90 Å². The first-order chi connectivity index (χ1) is 13.5. The van der Waals surface area contributed by atoms with Crippen LogP contribution in [0, 0.1) is 17.8 Å². The van der Waals surface area contributed by atoms with Gasteiger partial charge in [0.2, 0.25) is 5.91 Å². The van der Waals surface area contributed by atoms with Crippen molar-refractivity contribution in [3.63, 3.8) is 0 Å². The lowest BCUT2D eigenvalue weighted by atomic mass is 9.81. The molecule has 0 radical (unpaired) electrons. The lowest BCUT2D eigenvalue weighted by Gasteiger charge is -2.37. The van der Waals surface area contributed by atoms with E-state index < -0.39 is 10.0 Å². The van der Waals surface area contributed by atoms with Gasteiger partial charge in [0.15, 0.2) is 0 Å². The smallest absolute Gasteiger partial charge is 0.286 e. The quantitative estimate of drug-likeness (QED) is 0.804. The molecule has 4 rings (SSSR count). The summed E-state index contributed by atoms with van der Waals surface area (Å²) in [6, 6.07) is 6.81. The number of likely N-dealkylation sites (tertiary alicyclic amines) is 1. The van der Waals surface area contributed by atoms with Crippen LogP contribution in [0.15, 0.2) is 33.6 Å². The van der Waals surface area contributed by atoms with Crippen molar-refractivity contribution in [1.29, 1.82) is 0 Å². The number of nitrogens with one attached hydrogen (secondary N) is 1. The third kappa shape index (κ3) is 3.80. The summed E-state index contributed by atoms with van der Waals surface area (Å²) in [5.74, 6) is 1.21. The molecule has 28 heavy (non-hydrogen) atoms. The molecule has 1 aliphatic carbocycles. The first-order valence-corrected chi connectivity index (χ1v) is 11.6. The van der Waals surface area contributed by atoms with E-state index in [9.17, 15) is 13.2 Å². The van der Waals surface area contributed by atoms with E-state index in [1.54, 1.807) is 24.3 Å². The number of sulfonamides is 1. The van der Waals surface area contributed by atoms with Crippen LogP contribution in [0.1, 0.15) is 38.5 Å². The summed E-state index contributed by atoms with van der Waals surface area (Å²) < 4.78 is 29.1. The van der Waals surface area contributed by atoms with Gasteiger partial charge in [-0.1, -0.05) is 12.1 Å². The average molecular weight is 405 g/mol. The number of rotatable bonds is 3. The van der Waals surface area contributed by atoms with Crippen molar-refractivity contribution < 1.29 is 13.2 Å². The summed E-state index contributed by atoms with van der Waals surface area (Å²) in [6.07, 6.45) is 5.54. The summed E-state index contributed by atoms with van der Waals surface area (Å²) in [6.45, 7) is 1.97. The Kier molecular flexibility index (Phi) is 5.42. The number of fused-ring (bicyclic) bond motifs is 1. The van der Waals surface area contributed by atoms with Crippen LogP contribution in [0.25, 0.3) is 0 Å². The number of amidine groups is 1. The zero-order chi connectivity index (χ0) is 19.7. The van der Waals surface area contributed by atoms with Gasteiger partial charge in [0.25, 0.3) is 10.0 Å². The van der Waals surface area contributed by atoms with Gasteiger partial charge in [-0.2, -0.15) is 8.42 Å². The molecule has 0 aromatic heterocycles. The van der Waals surface area contributed by atoms with E-state index >= 15 is 0 Å². The number of para-hydroxylation sites is 1. The van der Waals surface area contributed by atoms with Crippen LogP contribution in [-0.2, 0) is 14.8 Å². The molecule has 2 heterocycles. The molecule has 1 saturated heterocycles. The Hall–Kier alpha value is -1.93. The van der Waals surface area contributed by atoms with Crippen molar-refractivity contribution in [3.8, 4) is 0 Å². The lowest BCUT2D eigenvalue weighted by molar-refractivity contribution is -0.138. The normalized spacial score (nSPS) is 29.4. The van der Waals surface area contributed by atoms with E-state index in [0.717, 1.165) is 45.1 Å². The molecule has 1 aromatic carbocycles. The molecule has 152 valence electrons. The number of amides is 1. The SMILES string of the molecule is NCC1CCC(C(=O)N2CCC[C@@H](C3=NS(=O)(=O)c4ccccc4N3)C2)CC1. The standard InChI is InChI=1S/C20H28N4O3S/c21-12-14-7-9-15(10-8-14)20(25)24-11-3-4-16(13-24)19-22-17-5-1-2-6-18(17)28(26,27)23-19/h1-2,5-6,14-16H,3-4,7-13,21H2,(H,22,23)/t14?,15?,16-/m1/s1. The monoisotopic (exact) mass is 404 g/mol. The first kappa shape index (κ1) is 19.4. The molecule has 3 N–H and O–H groups in total. The molecule has 0 unspecified atom stereocenters. The number of nitrogens with two attached hydrogens (primary N) is 1. The Morgan fingerprint density at radius 1 is 1.18 bits per heavy atom. The van der Waals surface area contributed by atoms with Gasteiger partial charge in [0, 0.05) is 24.9 Å². The number of carbonyl (C=O) groups is 1. The minimum atomic E-state index is -3.70. The van der Waals surface area contributed by atoms with Crippen molar-refractivity contribution in [2.45, 2.75) is 43.4 Å². The molecule has 3 aliphatic rings. The zero-order valence-corrected chi connectivity index (χ0v) is 16.8. The molecule has 0 bridgehead atoms. The highest BCUT2D eigenvalue weighted by Crippen LogP contribution is 2.33. The molecule has 8 heteroatoms. The molecule has 2 aliphatic heterocycles. The van der Waals surface area contributed by atoms with Crippen LogP contribution in [0.3, 0.4) is 0 Å². The van der Waals surface area contributed by atoms with E-state index in [1.165, 1.54) is 0 Å². The summed E-state index contributed by atoms with van der Waals surface area (Å²) in [7, 11) is -3.70.